The number of hydrogen-bond acceptors (Lipinski definition) is 2. The fraction of sp³-hybridized carbons (Fsp3) is 0.632. The number of hydrogen-bond donors (Lipinski definition) is 1. The third-order valence-electron chi connectivity index (χ3n) is 4.66. The number of likely N-dealkylation sites (tertiary alicyclic amines) is 1. The maximum Gasteiger partial charge on any atom is 0.251 e. The second kappa shape index (κ2) is 8.94. The van der Waals surface area contributed by atoms with Crippen LogP contribution < -0.4 is 5.32 Å². The summed E-state index contributed by atoms with van der Waals surface area (Å²) in [7, 11) is 0. The van der Waals surface area contributed by atoms with E-state index in [1.807, 2.05) is 12.1 Å². The van der Waals surface area contributed by atoms with Crippen LogP contribution in [0.25, 0.3) is 0 Å². The first kappa shape index (κ1) is 17.0. The van der Waals surface area contributed by atoms with Crippen LogP contribution in [0.4, 0.5) is 0 Å². The summed E-state index contributed by atoms with van der Waals surface area (Å²) in [5.41, 5.74) is 2.10. The highest BCUT2D eigenvalue weighted by molar-refractivity contribution is 5.94. The highest BCUT2D eigenvalue weighted by Crippen LogP contribution is 2.25. The van der Waals surface area contributed by atoms with E-state index in [0.29, 0.717) is 5.92 Å². The topological polar surface area (TPSA) is 32.3 Å². The van der Waals surface area contributed by atoms with Crippen molar-refractivity contribution in [2.75, 3.05) is 26.2 Å². The van der Waals surface area contributed by atoms with Gasteiger partial charge in [-0.05, 0) is 62.4 Å². The molecule has 1 aliphatic rings. The van der Waals surface area contributed by atoms with Gasteiger partial charge in [-0.25, -0.2) is 0 Å². The molecule has 0 aliphatic carbocycles. The van der Waals surface area contributed by atoms with E-state index in [4.69, 9.17) is 0 Å². The maximum absolute atomic E-state index is 12.3. The SMILES string of the molecule is CCCC(CC)c1cccc(C(=O)NCCN2CCCC2)c1. The number of nitrogens with one attached hydrogen (secondary N) is 1. The fourth-order valence-electron chi connectivity index (χ4n) is 3.32. The predicted octanol–water partition coefficient (Wildman–Crippen LogP) is 3.81. The Morgan fingerprint density at radius 1 is 1.27 bits per heavy atom. The van der Waals surface area contributed by atoms with E-state index >= 15 is 0 Å². The van der Waals surface area contributed by atoms with Gasteiger partial charge in [0.25, 0.3) is 5.91 Å². The lowest BCUT2D eigenvalue weighted by molar-refractivity contribution is 0.0949. The molecule has 0 spiro atoms. The van der Waals surface area contributed by atoms with E-state index in [1.165, 1.54) is 44.3 Å². The van der Waals surface area contributed by atoms with Gasteiger partial charge in [0.2, 0.25) is 0 Å². The van der Waals surface area contributed by atoms with Crippen molar-refractivity contribution < 1.29 is 4.79 Å². The molecule has 0 aromatic heterocycles. The zero-order valence-corrected chi connectivity index (χ0v) is 14.1. The van der Waals surface area contributed by atoms with E-state index in [9.17, 15) is 4.79 Å². The van der Waals surface area contributed by atoms with Gasteiger partial charge < -0.3 is 10.2 Å². The lowest BCUT2D eigenvalue weighted by Gasteiger charge is -2.16. The lowest BCUT2D eigenvalue weighted by Crippen LogP contribution is -2.33. The third kappa shape index (κ3) is 4.84. The molecule has 0 saturated carbocycles. The zero-order valence-electron chi connectivity index (χ0n) is 14.1. The minimum atomic E-state index is 0.0624. The molecule has 1 aromatic carbocycles. The van der Waals surface area contributed by atoms with Gasteiger partial charge in [0.15, 0.2) is 0 Å². The van der Waals surface area contributed by atoms with Crippen molar-refractivity contribution in [1.29, 1.82) is 0 Å². The van der Waals surface area contributed by atoms with Gasteiger partial charge in [0.1, 0.15) is 0 Å². The smallest absolute Gasteiger partial charge is 0.251 e. The Kier molecular flexibility index (Phi) is 6.91. The number of benzene rings is 1. The van der Waals surface area contributed by atoms with Gasteiger partial charge in [0.05, 0.1) is 0 Å². The molecular formula is C19H30N2O. The van der Waals surface area contributed by atoms with E-state index in [1.54, 1.807) is 0 Å². The van der Waals surface area contributed by atoms with Crippen molar-refractivity contribution >= 4 is 5.91 Å². The molecule has 1 fully saturated rings. The Morgan fingerprint density at radius 2 is 2.05 bits per heavy atom. The number of carbonyl (C=O) groups is 1. The van der Waals surface area contributed by atoms with E-state index in [-0.39, 0.29) is 5.91 Å². The summed E-state index contributed by atoms with van der Waals surface area (Å²) < 4.78 is 0. The number of rotatable bonds is 8. The molecule has 3 nitrogen and oxygen atoms in total. The standard InChI is InChI=1S/C19H30N2O/c1-3-8-16(4-2)17-9-7-10-18(15-17)19(22)20-11-14-21-12-5-6-13-21/h7,9-10,15-16H,3-6,8,11-14H2,1-2H3,(H,20,22). The second-order valence-electron chi connectivity index (χ2n) is 6.32. The highest BCUT2D eigenvalue weighted by Gasteiger charge is 2.13. The van der Waals surface area contributed by atoms with Crippen molar-refractivity contribution in [3.05, 3.63) is 35.4 Å². The summed E-state index contributed by atoms with van der Waals surface area (Å²) in [6, 6.07) is 8.18. The molecule has 1 saturated heterocycles. The molecule has 1 amide bonds. The first-order chi connectivity index (χ1) is 10.7. The molecule has 22 heavy (non-hydrogen) atoms. The van der Waals surface area contributed by atoms with Gasteiger partial charge in [-0.3, -0.25) is 4.79 Å². The number of carbonyl (C=O) groups excluding carboxylic acids is 1. The molecule has 0 bridgehead atoms. The Balaban J connectivity index is 1.88. The zero-order chi connectivity index (χ0) is 15.8. The van der Waals surface area contributed by atoms with Crippen molar-refractivity contribution in [1.82, 2.24) is 10.2 Å². The summed E-state index contributed by atoms with van der Waals surface area (Å²) in [4.78, 5) is 14.7. The van der Waals surface area contributed by atoms with Crippen molar-refractivity contribution in [2.24, 2.45) is 0 Å². The van der Waals surface area contributed by atoms with Gasteiger partial charge in [-0.15, -0.1) is 0 Å². The van der Waals surface area contributed by atoms with Crippen LogP contribution in [0.15, 0.2) is 24.3 Å². The Labute approximate surface area is 135 Å². The Hall–Kier alpha value is -1.35. The highest BCUT2D eigenvalue weighted by atomic mass is 16.1. The quantitative estimate of drug-likeness (QED) is 0.792. The van der Waals surface area contributed by atoms with Gasteiger partial charge in [-0.2, -0.15) is 0 Å². The van der Waals surface area contributed by atoms with Crippen LogP contribution in [0, 0.1) is 0 Å². The summed E-state index contributed by atoms with van der Waals surface area (Å²) in [5.74, 6) is 0.634. The summed E-state index contributed by atoms with van der Waals surface area (Å²) in [6.07, 6.45) is 6.10. The number of nitrogens with zero attached hydrogens (tertiary/aromatic N) is 1. The molecule has 1 atom stereocenters. The van der Waals surface area contributed by atoms with Crippen LogP contribution in [0.1, 0.15) is 67.8 Å². The van der Waals surface area contributed by atoms with Gasteiger partial charge in [-0.1, -0.05) is 32.4 Å². The molecule has 2 rings (SSSR count). The molecule has 1 unspecified atom stereocenters. The van der Waals surface area contributed by atoms with Crippen LogP contribution in [0.3, 0.4) is 0 Å². The normalized spacial score (nSPS) is 16.6. The summed E-state index contributed by atoms with van der Waals surface area (Å²) >= 11 is 0. The molecule has 1 heterocycles. The largest absolute Gasteiger partial charge is 0.351 e. The van der Waals surface area contributed by atoms with Crippen LogP contribution in [-0.4, -0.2) is 37.0 Å². The average molecular weight is 302 g/mol. The van der Waals surface area contributed by atoms with Crippen LogP contribution in [-0.2, 0) is 0 Å². The average Bonchev–Trinajstić information content (AvgIpc) is 3.06. The second-order valence-corrected chi connectivity index (χ2v) is 6.32. The molecular weight excluding hydrogens is 272 g/mol. The first-order valence-corrected chi connectivity index (χ1v) is 8.85. The Bertz CT molecular complexity index is 466. The van der Waals surface area contributed by atoms with Crippen LogP contribution in [0.5, 0.6) is 0 Å². The molecule has 1 N–H and O–H groups in total. The third-order valence-corrected chi connectivity index (χ3v) is 4.66. The molecule has 3 heteroatoms. The number of amides is 1. The van der Waals surface area contributed by atoms with Crippen molar-refractivity contribution in [3.63, 3.8) is 0 Å². The molecule has 1 aliphatic heterocycles. The summed E-state index contributed by atoms with van der Waals surface area (Å²) in [5, 5.41) is 3.06. The fourth-order valence-corrected chi connectivity index (χ4v) is 3.32. The van der Waals surface area contributed by atoms with Gasteiger partial charge in [0, 0.05) is 18.7 Å². The van der Waals surface area contributed by atoms with Crippen molar-refractivity contribution in [2.45, 2.75) is 51.9 Å². The predicted molar refractivity (Wildman–Crippen MR) is 92.4 cm³/mol. The first-order valence-electron chi connectivity index (χ1n) is 8.85. The monoisotopic (exact) mass is 302 g/mol. The van der Waals surface area contributed by atoms with E-state index in [2.05, 4.69) is 36.2 Å². The van der Waals surface area contributed by atoms with Crippen LogP contribution in [0.2, 0.25) is 0 Å². The maximum atomic E-state index is 12.3. The van der Waals surface area contributed by atoms with Gasteiger partial charge >= 0.3 is 0 Å². The van der Waals surface area contributed by atoms with E-state index < -0.39 is 0 Å². The van der Waals surface area contributed by atoms with Crippen molar-refractivity contribution in [3.8, 4) is 0 Å². The molecule has 0 radical (unpaired) electrons. The van der Waals surface area contributed by atoms with Crippen LogP contribution >= 0.6 is 0 Å². The van der Waals surface area contributed by atoms with E-state index in [0.717, 1.165) is 25.1 Å². The minimum absolute atomic E-state index is 0.0624. The summed E-state index contributed by atoms with van der Waals surface area (Å²) in [6.45, 7) is 8.52. The molecule has 122 valence electrons. The lowest BCUT2D eigenvalue weighted by atomic mass is 9.91. The Morgan fingerprint density at radius 3 is 2.73 bits per heavy atom. The minimum Gasteiger partial charge on any atom is -0.351 e. The molecule has 1 aromatic rings.